The Balaban J connectivity index is 2.45. The van der Waals surface area contributed by atoms with Crippen LogP contribution in [-0.2, 0) is 6.54 Å². The zero-order chi connectivity index (χ0) is 12.0. The van der Waals surface area contributed by atoms with E-state index in [1.165, 1.54) is 5.56 Å². The van der Waals surface area contributed by atoms with Gasteiger partial charge in [0.25, 0.3) is 0 Å². The van der Waals surface area contributed by atoms with Crippen molar-refractivity contribution in [3.8, 4) is 0 Å². The van der Waals surface area contributed by atoms with Crippen LogP contribution >= 0.6 is 0 Å². The molecule has 1 rings (SSSR count). The van der Waals surface area contributed by atoms with Gasteiger partial charge in [0.05, 0.1) is 0 Å². The highest BCUT2D eigenvalue weighted by Crippen LogP contribution is 2.07. The smallest absolute Gasteiger partial charge is 0.125 e. The van der Waals surface area contributed by atoms with Crippen molar-refractivity contribution >= 4 is 5.82 Å². The van der Waals surface area contributed by atoms with Crippen LogP contribution in [0.2, 0.25) is 0 Å². The Labute approximate surface area is 98.3 Å². The lowest BCUT2D eigenvalue weighted by atomic mass is 10.2. The molecule has 0 aliphatic heterocycles. The molecular formula is C12H22N4. The molecule has 1 aromatic rings. The first kappa shape index (κ1) is 12.9. The van der Waals surface area contributed by atoms with E-state index in [1.54, 1.807) is 0 Å². The highest BCUT2D eigenvalue weighted by atomic mass is 15.1. The second-order valence-corrected chi connectivity index (χ2v) is 4.34. The number of hydrogen-bond donors (Lipinski definition) is 1. The van der Waals surface area contributed by atoms with Crippen molar-refractivity contribution in [2.75, 3.05) is 46.6 Å². The Morgan fingerprint density at radius 3 is 2.62 bits per heavy atom. The lowest BCUT2D eigenvalue weighted by molar-refractivity contribution is 0.276. The molecule has 0 saturated heterocycles. The van der Waals surface area contributed by atoms with E-state index in [9.17, 15) is 0 Å². The first-order valence-electron chi connectivity index (χ1n) is 5.58. The maximum atomic E-state index is 4.20. The molecule has 0 atom stereocenters. The Morgan fingerprint density at radius 2 is 2.00 bits per heavy atom. The molecule has 4 heteroatoms. The third-order valence-electron chi connectivity index (χ3n) is 2.46. The van der Waals surface area contributed by atoms with Crippen LogP contribution in [0.25, 0.3) is 0 Å². The molecule has 4 nitrogen and oxygen atoms in total. The van der Waals surface area contributed by atoms with E-state index >= 15 is 0 Å². The van der Waals surface area contributed by atoms with E-state index in [4.69, 9.17) is 0 Å². The van der Waals surface area contributed by atoms with Gasteiger partial charge in [-0.1, -0.05) is 0 Å². The number of nitrogens with one attached hydrogen (secondary N) is 1. The monoisotopic (exact) mass is 222 g/mol. The SMILES string of the molecule is CNc1cc(CN(C)CCN(C)C)ccn1. The maximum absolute atomic E-state index is 4.20. The number of anilines is 1. The molecule has 0 aliphatic carbocycles. The number of likely N-dealkylation sites (N-methyl/N-ethyl adjacent to an activating group) is 2. The predicted molar refractivity (Wildman–Crippen MR) is 68.7 cm³/mol. The Bertz CT molecular complexity index is 312. The maximum Gasteiger partial charge on any atom is 0.125 e. The quantitative estimate of drug-likeness (QED) is 0.781. The average Bonchev–Trinajstić information content (AvgIpc) is 2.26. The first-order chi connectivity index (χ1) is 7.61. The van der Waals surface area contributed by atoms with Crippen LogP contribution < -0.4 is 5.32 Å². The average molecular weight is 222 g/mol. The molecule has 1 heterocycles. The van der Waals surface area contributed by atoms with E-state index in [2.05, 4.69) is 53.4 Å². The minimum Gasteiger partial charge on any atom is -0.373 e. The first-order valence-corrected chi connectivity index (χ1v) is 5.58. The minimum absolute atomic E-state index is 0.929. The van der Waals surface area contributed by atoms with Gasteiger partial charge in [-0.3, -0.25) is 0 Å². The summed E-state index contributed by atoms with van der Waals surface area (Å²) in [6.07, 6.45) is 1.85. The van der Waals surface area contributed by atoms with Crippen molar-refractivity contribution < 1.29 is 0 Å². The van der Waals surface area contributed by atoms with Crippen LogP contribution in [-0.4, -0.2) is 56.1 Å². The summed E-state index contributed by atoms with van der Waals surface area (Å²) in [6, 6.07) is 4.15. The molecule has 0 spiro atoms. The van der Waals surface area contributed by atoms with Gasteiger partial charge in [0, 0.05) is 32.9 Å². The van der Waals surface area contributed by atoms with Gasteiger partial charge in [-0.05, 0) is 38.8 Å². The second kappa shape index (κ2) is 6.45. The fourth-order valence-corrected chi connectivity index (χ4v) is 1.47. The molecule has 90 valence electrons. The zero-order valence-electron chi connectivity index (χ0n) is 10.7. The zero-order valence-corrected chi connectivity index (χ0v) is 10.7. The van der Waals surface area contributed by atoms with Crippen LogP contribution in [0.3, 0.4) is 0 Å². The van der Waals surface area contributed by atoms with Crippen LogP contribution in [0.5, 0.6) is 0 Å². The lowest BCUT2D eigenvalue weighted by Crippen LogP contribution is -2.28. The fourth-order valence-electron chi connectivity index (χ4n) is 1.47. The van der Waals surface area contributed by atoms with Crippen LogP contribution in [0.1, 0.15) is 5.56 Å². The van der Waals surface area contributed by atoms with Crippen molar-refractivity contribution in [3.05, 3.63) is 23.9 Å². The van der Waals surface area contributed by atoms with Crippen molar-refractivity contribution in [3.63, 3.8) is 0 Å². The molecule has 0 saturated carbocycles. The van der Waals surface area contributed by atoms with Gasteiger partial charge in [0.2, 0.25) is 0 Å². The highest BCUT2D eigenvalue weighted by molar-refractivity contribution is 5.36. The fraction of sp³-hybridized carbons (Fsp3) is 0.583. The van der Waals surface area contributed by atoms with Gasteiger partial charge in [-0.25, -0.2) is 4.98 Å². The standard InChI is InChI=1S/C12H22N4/c1-13-12-9-11(5-6-14-12)10-16(4)8-7-15(2)3/h5-6,9H,7-8,10H2,1-4H3,(H,13,14). The molecule has 0 amide bonds. The topological polar surface area (TPSA) is 31.4 Å². The number of aromatic nitrogens is 1. The van der Waals surface area contributed by atoms with Crippen molar-refractivity contribution in [2.45, 2.75) is 6.54 Å². The van der Waals surface area contributed by atoms with E-state index in [-0.39, 0.29) is 0 Å². The van der Waals surface area contributed by atoms with Gasteiger partial charge in [-0.2, -0.15) is 0 Å². The Kier molecular flexibility index (Phi) is 5.22. The summed E-state index contributed by atoms with van der Waals surface area (Å²) in [5.41, 5.74) is 1.29. The number of nitrogens with zero attached hydrogens (tertiary/aromatic N) is 3. The van der Waals surface area contributed by atoms with E-state index in [1.807, 2.05) is 13.2 Å². The summed E-state index contributed by atoms with van der Waals surface area (Å²) in [5, 5.41) is 3.05. The molecular weight excluding hydrogens is 200 g/mol. The number of pyridine rings is 1. The minimum atomic E-state index is 0.929. The second-order valence-electron chi connectivity index (χ2n) is 4.34. The molecule has 0 aliphatic rings. The third kappa shape index (κ3) is 4.59. The molecule has 0 bridgehead atoms. The Hall–Kier alpha value is -1.13. The van der Waals surface area contributed by atoms with Gasteiger partial charge >= 0.3 is 0 Å². The van der Waals surface area contributed by atoms with Crippen molar-refractivity contribution in [2.24, 2.45) is 0 Å². The number of hydrogen-bond acceptors (Lipinski definition) is 4. The van der Waals surface area contributed by atoms with Gasteiger partial charge in [0.15, 0.2) is 0 Å². The van der Waals surface area contributed by atoms with E-state index in [0.717, 1.165) is 25.5 Å². The van der Waals surface area contributed by atoms with E-state index in [0.29, 0.717) is 0 Å². The van der Waals surface area contributed by atoms with Crippen LogP contribution in [0, 0.1) is 0 Å². The summed E-state index contributed by atoms with van der Waals surface area (Å²) in [5.74, 6) is 0.929. The van der Waals surface area contributed by atoms with Gasteiger partial charge in [0.1, 0.15) is 5.82 Å². The molecule has 0 radical (unpaired) electrons. The predicted octanol–water partition coefficient (Wildman–Crippen LogP) is 1.12. The van der Waals surface area contributed by atoms with Crippen LogP contribution in [0.4, 0.5) is 5.82 Å². The van der Waals surface area contributed by atoms with E-state index < -0.39 is 0 Å². The Morgan fingerprint density at radius 1 is 1.25 bits per heavy atom. The van der Waals surface area contributed by atoms with Crippen molar-refractivity contribution in [1.29, 1.82) is 0 Å². The summed E-state index contributed by atoms with van der Waals surface area (Å²) < 4.78 is 0. The summed E-state index contributed by atoms with van der Waals surface area (Å²) in [4.78, 5) is 8.71. The summed E-state index contributed by atoms with van der Waals surface area (Å²) >= 11 is 0. The highest BCUT2D eigenvalue weighted by Gasteiger charge is 2.02. The normalized spacial score (nSPS) is 11.1. The molecule has 16 heavy (non-hydrogen) atoms. The molecule has 0 aromatic carbocycles. The number of rotatable bonds is 6. The van der Waals surface area contributed by atoms with Crippen molar-refractivity contribution in [1.82, 2.24) is 14.8 Å². The molecule has 0 unspecified atom stereocenters. The summed E-state index contributed by atoms with van der Waals surface area (Å²) in [6.45, 7) is 3.12. The lowest BCUT2D eigenvalue weighted by Gasteiger charge is -2.19. The molecule has 1 N–H and O–H groups in total. The van der Waals surface area contributed by atoms with Crippen LogP contribution in [0.15, 0.2) is 18.3 Å². The largest absolute Gasteiger partial charge is 0.373 e. The summed E-state index contributed by atoms with van der Waals surface area (Å²) in [7, 11) is 8.23. The third-order valence-corrected chi connectivity index (χ3v) is 2.46. The van der Waals surface area contributed by atoms with Gasteiger partial charge < -0.3 is 15.1 Å². The molecule has 1 aromatic heterocycles. The van der Waals surface area contributed by atoms with Gasteiger partial charge in [-0.15, -0.1) is 0 Å². The molecule has 0 fully saturated rings.